The van der Waals surface area contributed by atoms with Gasteiger partial charge in [0.15, 0.2) is 0 Å². The molecule has 0 aliphatic heterocycles. The summed E-state index contributed by atoms with van der Waals surface area (Å²) < 4.78 is 14.8. The van der Waals surface area contributed by atoms with Crippen molar-refractivity contribution in [1.29, 1.82) is 0 Å². The Labute approximate surface area is 127 Å². The third-order valence-electron chi connectivity index (χ3n) is 2.93. The molecule has 114 valence electrons. The van der Waals surface area contributed by atoms with Crippen molar-refractivity contribution in [3.63, 3.8) is 0 Å². The molecule has 0 saturated heterocycles. The van der Waals surface area contributed by atoms with Gasteiger partial charge in [-0.2, -0.15) is 0 Å². The van der Waals surface area contributed by atoms with Crippen molar-refractivity contribution in [2.75, 3.05) is 20.0 Å². The summed E-state index contributed by atoms with van der Waals surface area (Å²) in [6, 6.07) is 11.0. The fourth-order valence-corrected chi connectivity index (χ4v) is 1.79. The molecule has 6 heteroatoms. The monoisotopic (exact) mass is 301 g/mol. The second-order valence-electron chi connectivity index (χ2n) is 4.36. The van der Waals surface area contributed by atoms with E-state index in [1.807, 2.05) is 0 Å². The maximum absolute atomic E-state index is 11.4. The van der Waals surface area contributed by atoms with Crippen molar-refractivity contribution in [1.82, 2.24) is 0 Å². The highest BCUT2D eigenvalue weighted by atomic mass is 16.5. The summed E-state index contributed by atoms with van der Waals surface area (Å²) >= 11 is 0. The van der Waals surface area contributed by atoms with E-state index in [1.165, 1.54) is 20.3 Å². The molecule has 0 aromatic heterocycles. The van der Waals surface area contributed by atoms with E-state index in [9.17, 15) is 9.59 Å². The molecule has 0 aliphatic rings. The van der Waals surface area contributed by atoms with Crippen LogP contribution in [0.15, 0.2) is 42.5 Å². The predicted octanol–water partition coefficient (Wildman–Crippen LogP) is 2.63. The van der Waals surface area contributed by atoms with Gasteiger partial charge in [0.2, 0.25) is 0 Å². The molecule has 0 bridgehead atoms. The van der Waals surface area contributed by atoms with E-state index in [0.29, 0.717) is 28.3 Å². The van der Waals surface area contributed by atoms with Crippen molar-refractivity contribution < 1.29 is 23.8 Å². The van der Waals surface area contributed by atoms with Gasteiger partial charge in [-0.1, -0.05) is 0 Å². The van der Waals surface area contributed by atoms with E-state index in [-0.39, 0.29) is 0 Å². The summed E-state index contributed by atoms with van der Waals surface area (Å²) in [7, 11) is 2.61. The largest absolute Gasteiger partial charge is 0.465 e. The van der Waals surface area contributed by atoms with Crippen LogP contribution in [0.5, 0.6) is 11.5 Å². The van der Waals surface area contributed by atoms with E-state index >= 15 is 0 Å². The first kappa shape index (κ1) is 15.4. The number of esters is 2. The summed E-state index contributed by atoms with van der Waals surface area (Å²) in [6.07, 6.45) is 0. The van der Waals surface area contributed by atoms with Crippen LogP contribution >= 0.6 is 0 Å². The van der Waals surface area contributed by atoms with Crippen molar-refractivity contribution in [3.8, 4) is 11.5 Å². The van der Waals surface area contributed by atoms with E-state index < -0.39 is 11.9 Å². The molecule has 2 aromatic rings. The van der Waals surface area contributed by atoms with Crippen LogP contribution in [-0.2, 0) is 9.47 Å². The number of hydrogen-bond acceptors (Lipinski definition) is 6. The molecule has 0 atom stereocenters. The summed E-state index contributed by atoms with van der Waals surface area (Å²) in [6.45, 7) is 0. The Bertz CT molecular complexity index is 694. The van der Waals surface area contributed by atoms with Crippen molar-refractivity contribution in [2.45, 2.75) is 0 Å². The van der Waals surface area contributed by atoms with Gasteiger partial charge < -0.3 is 19.9 Å². The molecular weight excluding hydrogens is 286 g/mol. The highest BCUT2D eigenvalue weighted by Gasteiger charge is 2.10. The number of carbonyl (C=O) groups excluding carboxylic acids is 2. The smallest absolute Gasteiger partial charge is 0.337 e. The number of methoxy groups -OCH3 is 2. The number of ether oxygens (including phenoxy) is 3. The number of rotatable bonds is 4. The van der Waals surface area contributed by atoms with E-state index in [2.05, 4.69) is 9.47 Å². The van der Waals surface area contributed by atoms with Crippen LogP contribution in [-0.4, -0.2) is 26.2 Å². The molecule has 0 aliphatic carbocycles. The number of nitrogen functional groups attached to an aromatic ring is 1. The molecule has 0 amide bonds. The van der Waals surface area contributed by atoms with Crippen LogP contribution in [0.1, 0.15) is 20.7 Å². The van der Waals surface area contributed by atoms with Crippen LogP contribution in [0, 0.1) is 0 Å². The lowest BCUT2D eigenvalue weighted by molar-refractivity contribution is 0.0592. The Hall–Kier alpha value is -3.02. The van der Waals surface area contributed by atoms with Crippen LogP contribution in [0.3, 0.4) is 0 Å². The summed E-state index contributed by atoms with van der Waals surface area (Å²) in [5.41, 5.74) is 6.92. The maximum atomic E-state index is 11.4. The number of nitrogens with two attached hydrogens (primary N) is 1. The van der Waals surface area contributed by atoms with Gasteiger partial charge in [0.25, 0.3) is 0 Å². The van der Waals surface area contributed by atoms with Crippen molar-refractivity contribution >= 4 is 17.6 Å². The zero-order chi connectivity index (χ0) is 16.1. The zero-order valence-corrected chi connectivity index (χ0v) is 12.2. The summed E-state index contributed by atoms with van der Waals surface area (Å²) in [5.74, 6) is 0.0119. The van der Waals surface area contributed by atoms with Crippen LogP contribution in [0.4, 0.5) is 5.69 Å². The Morgan fingerprint density at radius 2 is 1.41 bits per heavy atom. The van der Waals surface area contributed by atoms with Crippen LogP contribution in [0.2, 0.25) is 0 Å². The Kier molecular flexibility index (Phi) is 4.63. The van der Waals surface area contributed by atoms with Gasteiger partial charge in [0.05, 0.1) is 31.0 Å². The molecule has 0 spiro atoms. The minimum absolute atomic E-state index is 0.306. The fraction of sp³-hybridized carbons (Fsp3) is 0.125. The fourth-order valence-electron chi connectivity index (χ4n) is 1.79. The van der Waals surface area contributed by atoms with Crippen LogP contribution in [0.25, 0.3) is 0 Å². The molecule has 0 heterocycles. The lowest BCUT2D eigenvalue weighted by atomic mass is 10.2. The minimum atomic E-state index is -0.472. The standard InChI is InChI=1S/C16H15NO5/c1-20-15(18)10-3-6-12(7-4-10)22-14-8-5-11(9-13(14)17)16(19)21-2/h3-9H,17H2,1-2H3. The van der Waals surface area contributed by atoms with Gasteiger partial charge in [-0.15, -0.1) is 0 Å². The van der Waals surface area contributed by atoms with Gasteiger partial charge in [0, 0.05) is 0 Å². The molecule has 2 aromatic carbocycles. The first-order chi connectivity index (χ1) is 10.5. The van der Waals surface area contributed by atoms with Gasteiger partial charge >= 0.3 is 11.9 Å². The van der Waals surface area contributed by atoms with Gasteiger partial charge in [-0.25, -0.2) is 9.59 Å². The normalized spacial score (nSPS) is 9.91. The predicted molar refractivity (Wildman–Crippen MR) is 80.0 cm³/mol. The molecule has 0 saturated carbocycles. The topological polar surface area (TPSA) is 87.8 Å². The molecule has 2 rings (SSSR count). The first-order valence-corrected chi connectivity index (χ1v) is 6.39. The molecule has 2 N–H and O–H groups in total. The minimum Gasteiger partial charge on any atom is -0.465 e. The zero-order valence-electron chi connectivity index (χ0n) is 12.2. The van der Waals surface area contributed by atoms with Gasteiger partial charge in [0.1, 0.15) is 11.5 Å². The highest BCUT2D eigenvalue weighted by molar-refractivity contribution is 5.91. The molecule has 6 nitrogen and oxygen atoms in total. The molecule has 0 fully saturated rings. The highest BCUT2D eigenvalue weighted by Crippen LogP contribution is 2.28. The van der Waals surface area contributed by atoms with Gasteiger partial charge in [-0.3, -0.25) is 0 Å². The maximum Gasteiger partial charge on any atom is 0.337 e. The quantitative estimate of drug-likeness (QED) is 0.690. The van der Waals surface area contributed by atoms with E-state index in [4.69, 9.17) is 10.5 Å². The second-order valence-corrected chi connectivity index (χ2v) is 4.36. The Balaban J connectivity index is 2.17. The average Bonchev–Trinajstić information content (AvgIpc) is 2.55. The second kappa shape index (κ2) is 6.62. The SMILES string of the molecule is COC(=O)c1ccc(Oc2ccc(C(=O)OC)cc2N)cc1. The molecular formula is C16H15NO5. The molecule has 22 heavy (non-hydrogen) atoms. The summed E-state index contributed by atoms with van der Waals surface area (Å²) in [4.78, 5) is 22.7. The van der Waals surface area contributed by atoms with Crippen LogP contribution < -0.4 is 10.5 Å². The van der Waals surface area contributed by atoms with E-state index in [0.717, 1.165) is 0 Å². The first-order valence-electron chi connectivity index (χ1n) is 6.39. The third kappa shape index (κ3) is 3.35. The van der Waals surface area contributed by atoms with Crippen molar-refractivity contribution in [3.05, 3.63) is 53.6 Å². The lowest BCUT2D eigenvalue weighted by Gasteiger charge is -2.10. The van der Waals surface area contributed by atoms with Crippen molar-refractivity contribution in [2.24, 2.45) is 0 Å². The molecule has 0 radical (unpaired) electrons. The van der Waals surface area contributed by atoms with E-state index in [1.54, 1.807) is 36.4 Å². The Morgan fingerprint density at radius 3 is 1.95 bits per heavy atom. The Morgan fingerprint density at radius 1 is 0.864 bits per heavy atom. The number of anilines is 1. The third-order valence-corrected chi connectivity index (χ3v) is 2.93. The lowest BCUT2D eigenvalue weighted by Crippen LogP contribution is -2.03. The average molecular weight is 301 g/mol. The molecule has 0 unspecified atom stereocenters. The number of benzene rings is 2. The number of hydrogen-bond donors (Lipinski definition) is 1. The number of carbonyl (C=O) groups is 2. The summed E-state index contributed by atoms with van der Waals surface area (Å²) in [5, 5.41) is 0. The van der Waals surface area contributed by atoms with Gasteiger partial charge in [-0.05, 0) is 42.5 Å².